The van der Waals surface area contributed by atoms with Gasteiger partial charge in [-0.15, -0.1) is 0 Å². The first-order chi connectivity index (χ1) is 6.18. The first-order valence-corrected chi connectivity index (χ1v) is 4.80. The van der Waals surface area contributed by atoms with Gasteiger partial charge in [0, 0.05) is 25.6 Å². The van der Waals surface area contributed by atoms with Gasteiger partial charge in [0.25, 0.3) is 0 Å². The topological polar surface area (TPSA) is 20.3 Å². The summed E-state index contributed by atoms with van der Waals surface area (Å²) in [6.07, 6.45) is 8.90. The Labute approximate surface area is 78.9 Å². The lowest BCUT2D eigenvalue weighted by molar-refractivity contribution is -0.125. The average molecular weight is 177 g/mol. The molecule has 0 saturated carbocycles. The third-order valence-corrected chi connectivity index (χ3v) is 2.85. The zero-order valence-corrected chi connectivity index (χ0v) is 8.16. The minimum Gasteiger partial charge on any atom is -0.345 e. The summed E-state index contributed by atoms with van der Waals surface area (Å²) in [5, 5.41) is 0. The number of likely N-dealkylation sites (N-methyl/N-ethyl adjacent to an activating group) is 1. The second-order valence-electron chi connectivity index (χ2n) is 4.05. The fourth-order valence-corrected chi connectivity index (χ4v) is 2.08. The number of amides is 1. The Morgan fingerprint density at radius 1 is 1.38 bits per heavy atom. The SMILES string of the molecule is CN(C)C(=O)C1=CC2C=CC1CC2. The Hall–Kier alpha value is -1.05. The van der Waals surface area contributed by atoms with Crippen LogP contribution < -0.4 is 0 Å². The fourth-order valence-electron chi connectivity index (χ4n) is 2.08. The molecule has 3 aliphatic carbocycles. The van der Waals surface area contributed by atoms with Gasteiger partial charge in [-0.05, 0) is 18.8 Å². The van der Waals surface area contributed by atoms with E-state index in [1.54, 1.807) is 4.90 Å². The molecule has 70 valence electrons. The molecule has 0 fully saturated rings. The number of fused-ring (bicyclic) bond motifs is 1. The molecule has 2 atom stereocenters. The van der Waals surface area contributed by atoms with E-state index in [-0.39, 0.29) is 5.91 Å². The molecule has 0 aromatic heterocycles. The van der Waals surface area contributed by atoms with Crippen molar-refractivity contribution < 1.29 is 4.79 Å². The Bertz CT molecular complexity index is 288. The standard InChI is InChI=1S/C11H15NO/c1-12(2)11(13)10-7-8-3-5-9(10)6-4-8/h3,5,7-9H,4,6H2,1-2H3. The van der Waals surface area contributed by atoms with Crippen LogP contribution in [-0.4, -0.2) is 24.9 Å². The van der Waals surface area contributed by atoms with Crippen LogP contribution in [0.1, 0.15) is 12.8 Å². The molecular weight excluding hydrogens is 162 g/mol. The normalized spacial score (nSPS) is 30.2. The van der Waals surface area contributed by atoms with E-state index in [1.165, 1.54) is 6.42 Å². The molecule has 0 saturated heterocycles. The maximum atomic E-state index is 11.7. The number of carbonyl (C=O) groups excluding carboxylic acids is 1. The predicted octanol–water partition coefficient (Wildman–Crippen LogP) is 1.60. The van der Waals surface area contributed by atoms with Crippen LogP contribution in [0.5, 0.6) is 0 Å². The van der Waals surface area contributed by atoms with Gasteiger partial charge in [0.1, 0.15) is 0 Å². The summed E-state index contributed by atoms with van der Waals surface area (Å²) in [6, 6.07) is 0. The van der Waals surface area contributed by atoms with Crippen LogP contribution in [0.2, 0.25) is 0 Å². The number of allylic oxidation sites excluding steroid dienone is 3. The third-order valence-electron chi connectivity index (χ3n) is 2.85. The van der Waals surface area contributed by atoms with Gasteiger partial charge >= 0.3 is 0 Å². The Morgan fingerprint density at radius 3 is 2.54 bits per heavy atom. The van der Waals surface area contributed by atoms with E-state index in [9.17, 15) is 4.79 Å². The van der Waals surface area contributed by atoms with Crippen molar-refractivity contribution in [2.24, 2.45) is 11.8 Å². The van der Waals surface area contributed by atoms with E-state index in [2.05, 4.69) is 18.2 Å². The van der Waals surface area contributed by atoms with Gasteiger partial charge in [0.05, 0.1) is 0 Å². The van der Waals surface area contributed by atoms with E-state index in [1.807, 2.05) is 14.1 Å². The number of carbonyl (C=O) groups is 1. The van der Waals surface area contributed by atoms with E-state index >= 15 is 0 Å². The van der Waals surface area contributed by atoms with Gasteiger partial charge < -0.3 is 4.90 Å². The van der Waals surface area contributed by atoms with Crippen molar-refractivity contribution in [2.45, 2.75) is 12.8 Å². The molecule has 1 amide bonds. The van der Waals surface area contributed by atoms with Crippen molar-refractivity contribution >= 4 is 5.91 Å². The molecule has 0 aromatic carbocycles. The van der Waals surface area contributed by atoms with Gasteiger partial charge in [0.2, 0.25) is 5.91 Å². The second kappa shape index (κ2) is 3.02. The lowest BCUT2D eigenvalue weighted by atomic mass is 9.76. The largest absolute Gasteiger partial charge is 0.345 e. The maximum absolute atomic E-state index is 11.7. The summed E-state index contributed by atoms with van der Waals surface area (Å²) >= 11 is 0. The molecule has 0 aromatic rings. The number of hydrogen-bond acceptors (Lipinski definition) is 1. The zero-order valence-electron chi connectivity index (χ0n) is 8.16. The molecule has 0 N–H and O–H groups in total. The fraction of sp³-hybridized carbons (Fsp3) is 0.545. The minimum absolute atomic E-state index is 0.180. The molecule has 0 aliphatic heterocycles. The summed E-state index contributed by atoms with van der Waals surface area (Å²) in [5.74, 6) is 1.09. The van der Waals surface area contributed by atoms with Crippen molar-refractivity contribution in [3.8, 4) is 0 Å². The van der Waals surface area contributed by atoms with Crippen LogP contribution >= 0.6 is 0 Å². The highest BCUT2D eigenvalue weighted by Crippen LogP contribution is 2.35. The van der Waals surface area contributed by atoms with Crippen LogP contribution in [0.25, 0.3) is 0 Å². The molecular formula is C11H15NO. The maximum Gasteiger partial charge on any atom is 0.249 e. The van der Waals surface area contributed by atoms with Crippen molar-refractivity contribution in [2.75, 3.05) is 14.1 Å². The molecule has 2 nitrogen and oxygen atoms in total. The lowest BCUT2D eigenvalue weighted by Crippen LogP contribution is -2.30. The Morgan fingerprint density at radius 2 is 2.15 bits per heavy atom. The highest BCUT2D eigenvalue weighted by atomic mass is 16.2. The highest BCUT2D eigenvalue weighted by Gasteiger charge is 2.28. The molecule has 2 bridgehead atoms. The quantitative estimate of drug-likeness (QED) is 0.557. The van der Waals surface area contributed by atoms with Crippen LogP contribution in [-0.2, 0) is 4.79 Å². The molecule has 2 unspecified atom stereocenters. The molecule has 0 radical (unpaired) electrons. The molecule has 3 rings (SSSR count). The van der Waals surface area contributed by atoms with Crippen LogP contribution in [0.3, 0.4) is 0 Å². The Kier molecular flexibility index (Phi) is 1.98. The second-order valence-corrected chi connectivity index (χ2v) is 4.05. The van der Waals surface area contributed by atoms with Crippen LogP contribution in [0.15, 0.2) is 23.8 Å². The van der Waals surface area contributed by atoms with Gasteiger partial charge in [-0.2, -0.15) is 0 Å². The van der Waals surface area contributed by atoms with E-state index in [0.717, 1.165) is 12.0 Å². The van der Waals surface area contributed by atoms with Crippen molar-refractivity contribution in [1.29, 1.82) is 0 Å². The van der Waals surface area contributed by atoms with E-state index in [4.69, 9.17) is 0 Å². The molecule has 3 aliphatic rings. The third kappa shape index (κ3) is 1.41. The van der Waals surface area contributed by atoms with E-state index in [0.29, 0.717) is 11.8 Å². The van der Waals surface area contributed by atoms with Gasteiger partial charge in [-0.1, -0.05) is 18.2 Å². The smallest absolute Gasteiger partial charge is 0.249 e. The monoisotopic (exact) mass is 177 g/mol. The first-order valence-electron chi connectivity index (χ1n) is 4.80. The van der Waals surface area contributed by atoms with Crippen LogP contribution in [0.4, 0.5) is 0 Å². The van der Waals surface area contributed by atoms with Crippen LogP contribution in [0, 0.1) is 11.8 Å². The number of rotatable bonds is 1. The minimum atomic E-state index is 0.180. The Balaban J connectivity index is 2.22. The van der Waals surface area contributed by atoms with Crippen molar-refractivity contribution in [1.82, 2.24) is 4.90 Å². The predicted molar refractivity (Wildman–Crippen MR) is 52.1 cm³/mol. The number of hydrogen-bond donors (Lipinski definition) is 0. The summed E-state index contributed by atoms with van der Waals surface area (Å²) < 4.78 is 0. The van der Waals surface area contributed by atoms with Gasteiger partial charge in [-0.25, -0.2) is 0 Å². The zero-order chi connectivity index (χ0) is 9.42. The summed E-state index contributed by atoms with van der Waals surface area (Å²) in [7, 11) is 3.63. The van der Waals surface area contributed by atoms with Gasteiger partial charge in [-0.3, -0.25) is 4.79 Å². The molecule has 2 heteroatoms. The average Bonchev–Trinajstić information content (AvgIpc) is 2.18. The molecule has 13 heavy (non-hydrogen) atoms. The highest BCUT2D eigenvalue weighted by molar-refractivity contribution is 5.94. The summed E-state index contributed by atoms with van der Waals surface area (Å²) in [6.45, 7) is 0. The van der Waals surface area contributed by atoms with Gasteiger partial charge in [0.15, 0.2) is 0 Å². The first kappa shape index (κ1) is 8.54. The lowest BCUT2D eigenvalue weighted by Gasteiger charge is -2.30. The summed E-state index contributed by atoms with van der Waals surface area (Å²) in [4.78, 5) is 13.4. The van der Waals surface area contributed by atoms with E-state index < -0.39 is 0 Å². The molecule has 0 spiro atoms. The van der Waals surface area contributed by atoms with Crippen molar-refractivity contribution in [3.63, 3.8) is 0 Å². The number of nitrogens with zero attached hydrogens (tertiary/aromatic N) is 1. The molecule has 0 heterocycles. The van der Waals surface area contributed by atoms with Crippen molar-refractivity contribution in [3.05, 3.63) is 23.8 Å². The summed E-state index contributed by atoms with van der Waals surface area (Å²) in [5.41, 5.74) is 1.00.